The molecule has 5 heteroatoms. The van der Waals surface area contributed by atoms with Crippen LogP contribution in [0.1, 0.15) is 29.2 Å². The van der Waals surface area contributed by atoms with Crippen molar-refractivity contribution in [3.63, 3.8) is 0 Å². The number of hydrogen-bond donors (Lipinski definition) is 2. The second-order valence-electron chi connectivity index (χ2n) is 5.71. The molecule has 1 atom stereocenters. The van der Waals surface area contributed by atoms with Gasteiger partial charge in [-0.1, -0.05) is 30.3 Å². The summed E-state index contributed by atoms with van der Waals surface area (Å²) >= 11 is 1.51. The van der Waals surface area contributed by atoms with E-state index in [1.165, 1.54) is 17.8 Å². The zero-order chi connectivity index (χ0) is 16.4. The predicted octanol–water partition coefficient (Wildman–Crippen LogP) is 4.80. The summed E-state index contributed by atoms with van der Waals surface area (Å²) in [6.07, 6.45) is 0.793. The van der Waals surface area contributed by atoms with Gasteiger partial charge in [-0.25, -0.2) is 9.18 Å². The van der Waals surface area contributed by atoms with E-state index in [1.807, 2.05) is 38.1 Å². The lowest BCUT2D eigenvalue weighted by molar-refractivity contribution is 0.248. The Morgan fingerprint density at radius 2 is 1.87 bits per heavy atom. The first kappa shape index (κ1) is 15.9. The molecule has 0 aliphatic carbocycles. The largest absolute Gasteiger partial charge is 0.331 e. The summed E-state index contributed by atoms with van der Waals surface area (Å²) in [7, 11) is 0. The predicted molar refractivity (Wildman–Crippen MR) is 92.6 cm³/mol. The van der Waals surface area contributed by atoms with Gasteiger partial charge < -0.3 is 10.6 Å². The van der Waals surface area contributed by atoms with Crippen molar-refractivity contribution in [1.29, 1.82) is 0 Å². The van der Waals surface area contributed by atoms with Crippen molar-refractivity contribution in [2.45, 2.75) is 31.2 Å². The number of fused-ring (bicyclic) bond motifs is 1. The molecular formula is C18H19FN2OS. The Morgan fingerprint density at radius 1 is 1.17 bits per heavy atom. The van der Waals surface area contributed by atoms with Crippen LogP contribution < -0.4 is 10.6 Å². The van der Waals surface area contributed by atoms with Gasteiger partial charge in [0.1, 0.15) is 5.82 Å². The Morgan fingerprint density at radius 3 is 2.61 bits per heavy atom. The van der Waals surface area contributed by atoms with Crippen LogP contribution in [0.2, 0.25) is 0 Å². The molecule has 1 heterocycles. The van der Waals surface area contributed by atoms with Gasteiger partial charge in [-0.3, -0.25) is 0 Å². The maximum atomic E-state index is 13.9. The Balaban J connectivity index is 1.76. The lowest BCUT2D eigenvalue weighted by Crippen LogP contribution is -2.34. The minimum Gasteiger partial charge on any atom is -0.331 e. The molecule has 23 heavy (non-hydrogen) atoms. The molecule has 1 aliphatic rings. The van der Waals surface area contributed by atoms with Crippen molar-refractivity contribution in [3.05, 3.63) is 58.9 Å². The Hall–Kier alpha value is -2.01. The maximum absolute atomic E-state index is 13.9. The number of amides is 2. The van der Waals surface area contributed by atoms with E-state index in [-0.39, 0.29) is 17.9 Å². The first-order chi connectivity index (χ1) is 11.1. The number of halogens is 1. The molecule has 1 unspecified atom stereocenters. The molecule has 1 aliphatic heterocycles. The van der Waals surface area contributed by atoms with E-state index in [9.17, 15) is 9.18 Å². The monoisotopic (exact) mass is 330 g/mol. The summed E-state index contributed by atoms with van der Waals surface area (Å²) in [5, 5.41) is 5.90. The van der Waals surface area contributed by atoms with Gasteiger partial charge in [0.05, 0.1) is 6.04 Å². The molecule has 0 radical (unpaired) electrons. The number of aryl methyl sites for hydroxylation is 2. The summed E-state index contributed by atoms with van der Waals surface area (Å²) < 4.78 is 13.9. The number of thioether (sulfide) groups is 1. The SMILES string of the molecule is Cc1cccc(C)c1NC(=O)NC1CCSc2c(F)cccc21. The molecule has 120 valence electrons. The molecule has 0 spiro atoms. The van der Waals surface area contributed by atoms with Gasteiger partial charge in [0, 0.05) is 16.3 Å². The second-order valence-corrected chi connectivity index (χ2v) is 6.82. The van der Waals surface area contributed by atoms with Crippen LogP contribution >= 0.6 is 11.8 Å². The molecule has 0 saturated carbocycles. The lowest BCUT2D eigenvalue weighted by atomic mass is 10.0. The summed E-state index contributed by atoms with van der Waals surface area (Å²) in [5.41, 5.74) is 3.73. The van der Waals surface area contributed by atoms with Crippen molar-refractivity contribution in [1.82, 2.24) is 5.32 Å². The molecule has 0 saturated heterocycles. The Bertz CT molecular complexity index is 728. The van der Waals surface area contributed by atoms with Gasteiger partial charge in [-0.05, 0) is 43.0 Å². The number of hydrogen-bond acceptors (Lipinski definition) is 2. The van der Waals surface area contributed by atoms with E-state index in [4.69, 9.17) is 0 Å². The van der Waals surface area contributed by atoms with Crippen molar-refractivity contribution in [2.24, 2.45) is 0 Å². The third-order valence-electron chi connectivity index (χ3n) is 4.05. The summed E-state index contributed by atoms with van der Waals surface area (Å²) in [5.74, 6) is 0.580. The highest BCUT2D eigenvalue weighted by Crippen LogP contribution is 2.37. The molecular weight excluding hydrogens is 311 g/mol. The minimum absolute atomic E-state index is 0.161. The first-order valence-electron chi connectivity index (χ1n) is 7.61. The van der Waals surface area contributed by atoms with E-state index in [2.05, 4.69) is 10.6 Å². The Kier molecular flexibility index (Phi) is 4.57. The number of urea groups is 1. The van der Waals surface area contributed by atoms with Gasteiger partial charge in [0.15, 0.2) is 0 Å². The molecule has 0 fully saturated rings. The van der Waals surface area contributed by atoms with E-state index in [0.717, 1.165) is 34.6 Å². The summed E-state index contributed by atoms with van der Waals surface area (Å²) in [6.45, 7) is 3.93. The van der Waals surface area contributed by atoms with Crippen LogP contribution in [0.15, 0.2) is 41.3 Å². The number of nitrogens with one attached hydrogen (secondary N) is 2. The fourth-order valence-corrected chi connectivity index (χ4v) is 4.00. The van der Waals surface area contributed by atoms with Crippen molar-refractivity contribution in [3.8, 4) is 0 Å². The smallest absolute Gasteiger partial charge is 0.319 e. The van der Waals surface area contributed by atoms with Gasteiger partial charge in [-0.2, -0.15) is 0 Å². The van der Waals surface area contributed by atoms with Crippen LogP contribution in [0.3, 0.4) is 0 Å². The topological polar surface area (TPSA) is 41.1 Å². The van der Waals surface area contributed by atoms with E-state index in [1.54, 1.807) is 6.07 Å². The summed E-state index contributed by atoms with van der Waals surface area (Å²) in [4.78, 5) is 13.0. The summed E-state index contributed by atoms with van der Waals surface area (Å²) in [6, 6.07) is 10.5. The van der Waals surface area contributed by atoms with Crippen LogP contribution in [-0.4, -0.2) is 11.8 Å². The average molecular weight is 330 g/mol. The second kappa shape index (κ2) is 6.62. The highest BCUT2D eigenvalue weighted by atomic mass is 32.2. The fourth-order valence-electron chi connectivity index (χ4n) is 2.86. The van der Waals surface area contributed by atoms with Gasteiger partial charge in [0.25, 0.3) is 0 Å². The molecule has 0 bridgehead atoms. The molecule has 0 aromatic heterocycles. The van der Waals surface area contributed by atoms with Crippen molar-refractivity contribution < 1.29 is 9.18 Å². The van der Waals surface area contributed by atoms with Gasteiger partial charge in [0.2, 0.25) is 0 Å². The van der Waals surface area contributed by atoms with E-state index < -0.39 is 0 Å². The zero-order valence-corrected chi connectivity index (χ0v) is 14.0. The highest BCUT2D eigenvalue weighted by molar-refractivity contribution is 7.99. The molecule has 2 aromatic rings. The molecule has 2 N–H and O–H groups in total. The molecule has 2 amide bonds. The van der Waals surface area contributed by atoms with E-state index in [0.29, 0.717) is 4.90 Å². The highest BCUT2D eigenvalue weighted by Gasteiger charge is 2.24. The Labute approximate surface area is 139 Å². The van der Waals surface area contributed by atoms with Crippen LogP contribution in [0, 0.1) is 19.7 Å². The number of rotatable bonds is 2. The third-order valence-corrected chi connectivity index (χ3v) is 5.21. The molecule has 2 aromatic carbocycles. The van der Waals surface area contributed by atoms with Crippen molar-refractivity contribution >= 4 is 23.5 Å². The van der Waals surface area contributed by atoms with Crippen LogP contribution in [-0.2, 0) is 0 Å². The fraction of sp³-hybridized carbons (Fsp3) is 0.278. The van der Waals surface area contributed by atoms with E-state index >= 15 is 0 Å². The lowest BCUT2D eigenvalue weighted by Gasteiger charge is -2.26. The third kappa shape index (κ3) is 3.34. The van der Waals surface area contributed by atoms with Crippen LogP contribution in [0.25, 0.3) is 0 Å². The average Bonchev–Trinajstić information content (AvgIpc) is 2.52. The maximum Gasteiger partial charge on any atom is 0.319 e. The number of benzene rings is 2. The number of carbonyl (C=O) groups is 1. The molecule has 3 rings (SSSR count). The minimum atomic E-state index is -0.255. The number of anilines is 1. The first-order valence-corrected chi connectivity index (χ1v) is 8.60. The normalized spacial score (nSPS) is 16.6. The zero-order valence-electron chi connectivity index (χ0n) is 13.2. The standard InChI is InChI=1S/C18H19FN2OS/c1-11-5-3-6-12(2)16(11)21-18(22)20-15-9-10-23-17-13(15)7-4-8-14(17)19/h3-8,15H,9-10H2,1-2H3,(H2,20,21,22). The number of para-hydroxylation sites is 1. The van der Waals surface area contributed by atoms with Gasteiger partial charge >= 0.3 is 6.03 Å². The van der Waals surface area contributed by atoms with Crippen LogP contribution in [0.4, 0.5) is 14.9 Å². The number of carbonyl (C=O) groups excluding carboxylic acids is 1. The van der Waals surface area contributed by atoms with Crippen LogP contribution in [0.5, 0.6) is 0 Å². The van der Waals surface area contributed by atoms with Crippen molar-refractivity contribution in [2.75, 3.05) is 11.1 Å². The van der Waals surface area contributed by atoms with Gasteiger partial charge in [-0.15, -0.1) is 11.8 Å². The quantitative estimate of drug-likeness (QED) is 0.830. The molecule has 3 nitrogen and oxygen atoms in total.